The number of unbranched alkanes of at least 4 members (excludes halogenated alkanes) is 3. The number of sulfone groups is 1. The summed E-state index contributed by atoms with van der Waals surface area (Å²) in [7, 11) is -9.12. The zero-order valence-electron chi connectivity index (χ0n) is 44.7. The number of non-ortho nitro benzene ring substituents is 1. The van der Waals surface area contributed by atoms with Gasteiger partial charge < -0.3 is 31.7 Å². The summed E-state index contributed by atoms with van der Waals surface area (Å²) in [5.41, 5.74) is 1.57. The smallest absolute Gasteiger partial charge is 0.315 e. The second kappa shape index (κ2) is 27.9. The molecule has 0 aliphatic carbocycles. The van der Waals surface area contributed by atoms with Crippen LogP contribution in [0.2, 0.25) is 0 Å². The molecule has 25 heteroatoms. The summed E-state index contributed by atoms with van der Waals surface area (Å²) in [5, 5.41) is 46.0. The largest absolute Gasteiger partial charge is 0.390 e. The number of thioether (sulfide) groups is 1. The van der Waals surface area contributed by atoms with E-state index < -0.39 is 65.2 Å². The molecular weight excluding hydrogens is 1090 g/mol. The van der Waals surface area contributed by atoms with Gasteiger partial charge in [0.15, 0.2) is 5.78 Å². The average Bonchev–Trinajstić information content (AvgIpc) is 4.24. The van der Waals surface area contributed by atoms with Crippen LogP contribution in [-0.4, -0.2) is 131 Å². The topological polar surface area (TPSA) is 311 Å². The summed E-state index contributed by atoms with van der Waals surface area (Å²) in [5.74, 6) is -0.473. The molecule has 2 aliphatic rings. The number of hydrogen-bond acceptors (Lipinski definition) is 15. The van der Waals surface area contributed by atoms with Crippen LogP contribution >= 0.6 is 11.8 Å². The van der Waals surface area contributed by atoms with Crippen molar-refractivity contribution in [2.24, 2.45) is 5.92 Å². The second-order valence-corrected chi connectivity index (χ2v) is 25.5. The van der Waals surface area contributed by atoms with Crippen molar-refractivity contribution in [3.8, 4) is 0 Å². The summed E-state index contributed by atoms with van der Waals surface area (Å²) in [6.45, 7) is 4.84. The van der Waals surface area contributed by atoms with E-state index in [4.69, 9.17) is 0 Å². The van der Waals surface area contributed by atoms with Crippen molar-refractivity contribution >= 4 is 66.8 Å². The maximum atomic E-state index is 14.4. The van der Waals surface area contributed by atoms with E-state index in [0.29, 0.717) is 54.2 Å². The van der Waals surface area contributed by atoms with Crippen molar-refractivity contribution in [3.05, 3.63) is 142 Å². The average molecular weight is 1160 g/mol. The highest BCUT2D eigenvalue weighted by molar-refractivity contribution is 8.00. The molecule has 6 N–H and O–H groups in total. The minimum Gasteiger partial charge on any atom is -0.390 e. The predicted molar refractivity (Wildman–Crippen MR) is 299 cm³/mol. The Balaban J connectivity index is 0.931. The molecule has 1 unspecified atom stereocenters. The lowest BCUT2D eigenvalue weighted by Crippen LogP contribution is -2.47. The van der Waals surface area contributed by atoms with Gasteiger partial charge in [-0.15, -0.1) is 5.10 Å². The number of nitro benzene ring substituents is 1. The van der Waals surface area contributed by atoms with Crippen LogP contribution in [0, 0.1) is 16.0 Å². The lowest BCUT2D eigenvalue weighted by atomic mass is 9.99. The Hall–Kier alpha value is -7.06. The molecule has 2 aliphatic heterocycles. The number of carbonyl (C=O) groups is 5. The first kappa shape index (κ1) is 60.6. The molecule has 2 saturated heterocycles. The Kier molecular flexibility index (Phi) is 21.1. The van der Waals surface area contributed by atoms with Crippen molar-refractivity contribution in [1.29, 1.82) is 0 Å². The first-order valence-electron chi connectivity index (χ1n) is 26.6. The molecule has 5 aromatic rings. The SMILES string of the molecule is CC(C)CN(CC(O)[C@H](C)n1cc(CNC(=O)[C@H](Cc2ccc(C(=O)c3ccccc3)cc2)NC(=O)CCCCCNC(=O)CCCC[C@@H]2SC[C@@H]3NC(=O)N[C@@H]32)nn1)S(=O)(=O)c1ccccc1S(=O)(=O)c1ccc([N+](=O)[O-])cc1. The number of aromatic nitrogens is 3. The number of hydrogen-bond donors (Lipinski definition) is 6. The van der Waals surface area contributed by atoms with E-state index in [1.54, 1.807) is 69.3 Å². The number of fused-ring (bicyclic) bond motifs is 1. The Morgan fingerprint density at radius 1 is 0.812 bits per heavy atom. The minimum atomic E-state index is -4.62. The molecule has 80 heavy (non-hydrogen) atoms. The normalized spacial score (nSPS) is 17.2. The summed E-state index contributed by atoms with van der Waals surface area (Å²) in [6, 6.07) is 22.9. The second-order valence-electron chi connectivity index (χ2n) is 20.4. The number of urea groups is 1. The molecule has 0 bridgehead atoms. The fourth-order valence-corrected chi connectivity index (χ4v) is 14.7. The van der Waals surface area contributed by atoms with Gasteiger partial charge >= 0.3 is 6.03 Å². The number of nitrogens with zero attached hydrogens (tertiary/aromatic N) is 5. The van der Waals surface area contributed by atoms with Gasteiger partial charge in [0.05, 0.1) is 51.7 Å². The molecule has 6 atom stereocenters. The fraction of sp³-hybridized carbons (Fsp3) is 0.436. The predicted octanol–water partition coefficient (Wildman–Crippen LogP) is 5.27. The molecule has 22 nitrogen and oxygen atoms in total. The number of aliphatic hydroxyl groups excluding tert-OH is 1. The first-order valence-corrected chi connectivity index (χ1v) is 30.6. The van der Waals surface area contributed by atoms with Crippen LogP contribution in [0.15, 0.2) is 124 Å². The minimum absolute atomic E-state index is 0.0320. The Morgan fingerprint density at radius 3 is 2.17 bits per heavy atom. The van der Waals surface area contributed by atoms with E-state index in [1.807, 2.05) is 17.8 Å². The highest BCUT2D eigenvalue weighted by Crippen LogP contribution is 2.34. The van der Waals surface area contributed by atoms with E-state index in [1.165, 1.54) is 23.0 Å². The number of nitro groups is 1. The number of rotatable bonds is 30. The Labute approximate surface area is 469 Å². The van der Waals surface area contributed by atoms with Crippen molar-refractivity contribution in [3.63, 3.8) is 0 Å². The third-order valence-electron chi connectivity index (χ3n) is 13.9. The van der Waals surface area contributed by atoms with Gasteiger partial charge in [-0.2, -0.15) is 16.1 Å². The van der Waals surface area contributed by atoms with Gasteiger partial charge in [0.2, 0.25) is 37.6 Å². The van der Waals surface area contributed by atoms with Crippen molar-refractivity contribution in [1.82, 2.24) is 45.9 Å². The number of carbonyl (C=O) groups excluding carboxylic acids is 5. The van der Waals surface area contributed by atoms with Crippen LogP contribution in [-0.2, 0) is 47.2 Å². The van der Waals surface area contributed by atoms with Gasteiger partial charge in [-0.3, -0.25) is 29.3 Å². The van der Waals surface area contributed by atoms with Crippen LogP contribution in [0.4, 0.5) is 10.5 Å². The number of nitrogens with one attached hydrogen (secondary N) is 5. The molecule has 2 fully saturated rings. The number of sulfonamides is 1. The molecule has 0 spiro atoms. The van der Waals surface area contributed by atoms with Gasteiger partial charge in [-0.1, -0.05) is 98.6 Å². The van der Waals surface area contributed by atoms with Crippen LogP contribution < -0.4 is 26.6 Å². The van der Waals surface area contributed by atoms with E-state index in [-0.39, 0.29) is 83.8 Å². The van der Waals surface area contributed by atoms with Crippen molar-refractivity contribution < 1.29 is 50.8 Å². The van der Waals surface area contributed by atoms with Gasteiger partial charge in [-0.05, 0) is 68.4 Å². The van der Waals surface area contributed by atoms with Gasteiger partial charge in [-0.25, -0.2) is 26.3 Å². The lowest BCUT2D eigenvalue weighted by molar-refractivity contribution is -0.384. The zero-order valence-corrected chi connectivity index (χ0v) is 47.2. The summed E-state index contributed by atoms with van der Waals surface area (Å²) in [4.78, 5) is 73.7. The van der Waals surface area contributed by atoms with Crippen molar-refractivity contribution in [2.75, 3.05) is 25.4 Å². The van der Waals surface area contributed by atoms with Gasteiger partial charge in [0, 0.05) is 73.2 Å². The van der Waals surface area contributed by atoms with Crippen LogP contribution in [0.1, 0.15) is 105 Å². The third-order valence-corrected chi connectivity index (χ3v) is 19.2. The third kappa shape index (κ3) is 16.1. The fourth-order valence-electron chi connectivity index (χ4n) is 9.45. The summed E-state index contributed by atoms with van der Waals surface area (Å²) in [6.07, 6.45) is 5.06. The molecule has 0 radical (unpaired) electrons. The van der Waals surface area contributed by atoms with Crippen LogP contribution in [0.3, 0.4) is 0 Å². The quantitative estimate of drug-likeness (QED) is 0.0112. The van der Waals surface area contributed by atoms with Gasteiger partial charge in [0.1, 0.15) is 16.6 Å². The summed E-state index contributed by atoms with van der Waals surface area (Å²) < 4.78 is 58.8. The van der Waals surface area contributed by atoms with Gasteiger partial charge in [0.25, 0.3) is 5.69 Å². The molecular formula is C55H68N10O12S3. The maximum absolute atomic E-state index is 14.4. The summed E-state index contributed by atoms with van der Waals surface area (Å²) >= 11 is 1.85. The molecule has 4 aromatic carbocycles. The number of benzene rings is 4. The Bertz CT molecular complexity index is 3200. The number of amides is 5. The highest BCUT2D eigenvalue weighted by atomic mass is 32.2. The zero-order chi connectivity index (χ0) is 57.6. The van der Waals surface area contributed by atoms with Crippen LogP contribution in [0.5, 0.6) is 0 Å². The molecule has 428 valence electrons. The molecule has 0 saturated carbocycles. The Morgan fingerprint density at radius 2 is 1.48 bits per heavy atom. The number of ketones is 1. The molecule has 3 heterocycles. The van der Waals surface area contributed by atoms with E-state index >= 15 is 0 Å². The molecule has 7 rings (SSSR count). The van der Waals surface area contributed by atoms with E-state index in [2.05, 4.69) is 36.9 Å². The first-order chi connectivity index (χ1) is 38.2. The van der Waals surface area contributed by atoms with E-state index in [9.17, 15) is 56.0 Å². The highest BCUT2D eigenvalue weighted by Gasteiger charge is 2.42. The van der Waals surface area contributed by atoms with E-state index in [0.717, 1.165) is 65.7 Å². The van der Waals surface area contributed by atoms with Crippen molar-refractivity contribution in [2.45, 2.75) is 135 Å². The lowest BCUT2D eigenvalue weighted by Gasteiger charge is -2.29. The molecule has 1 aromatic heterocycles. The molecule has 5 amide bonds. The monoisotopic (exact) mass is 1160 g/mol. The standard InChI is InChI=1S/C55H68N10O12S3/c1-36(2)32-63(80(76,77)49-18-11-10-17-48(49)79(74,75)43-27-25-42(26-28-43)65(72)73)34-46(66)37(3)64-33-41(61-62-64)31-57-54(70)44(30-38-21-23-40(24-22-38)53(69)39-14-6-4-7-15-39)58-51(68)20-8-5-13-29-56-50(67)19-12-9-16-47-52-45(35-78-47)59-55(71)60-52/h4,6-7,10-11,14-15,17-18,21-28,33,36-37,44-47,52,66H,5,8-9,12-13,16,19-20,29-32,34-35H2,1-3H3,(H,56,67)(H,57,70)(H,58,68)(H2,59,60,71)/t37-,44-,45-,46?,47-,52-/m0/s1. The maximum Gasteiger partial charge on any atom is 0.315 e. The number of aliphatic hydroxyl groups is 1. The van der Waals surface area contributed by atoms with Crippen LogP contribution in [0.25, 0.3) is 0 Å².